The monoisotopic (exact) mass is 534 g/mol. The van der Waals surface area contributed by atoms with Crippen LogP contribution in [0.25, 0.3) is 0 Å². The van der Waals surface area contributed by atoms with Gasteiger partial charge in [0.25, 0.3) is 0 Å². The van der Waals surface area contributed by atoms with E-state index in [2.05, 4.69) is 22.5 Å². The Morgan fingerprint density at radius 2 is 2.00 bits per heavy atom. The minimum Gasteiger partial charge on any atom is -0.381 e. The van der Waals surface area contributed by atoms with Gasteiger partial charge in [0, 0.05) is 57.7 Å². The van der Waals surface area contributed by atoms with Crippen LogP contribution in [-0.4, -0.2) is 64.1 Å². The molecule has 2 heterocycles. The number of benzene rings is 1. The summed E-state index contributed by atoms with van der Waals surface area (Å²) in [6.07, 6.45) is 5.29. The SMILES string of the molecule is CCNC(=NCCCOC1CCOCC1)NC1CCN(c2cccc(F)c2)CC1.I. The van der Waals surface area contributed by atoms with Gasteiger partial charge in [-0.15, -0.1) is 24.0 Å². The molecule has 0 atom stereocenters. The fraction of sp³-hybridized carbons (Fsp3) is 0.682. The van der Waals surface area contributed by atoms with Crippen molar-refractivity contribution in [2.24, 2.45) is 4.99 Å². The number of hydrogen-bond acceptors (Lipinski definition) is 4. The van der Waals surface area contributed by atoms with Crippen molar-refractivity contribution in [3.05, 3.63) is 30.1 Å². The zero-order chi connectivity index (χ0) is 20.3. The van der Waals surface area contributed by atoms with Crippen molar-refractivity contribution in [2.75, 3.05) is 50.9 Å². The lowest BCUT2D eigenvalue weighted by Gasteiger charge is -2.34. The lowest BCUT2D eigenvalue weighted by atomic mass is 10.0. The van der Waals surface area contributed by atoms with Crippen LogP contribution in [-0.2, 0) is 9.47 Å². The molecule has 0 unspecified atom stereocenters. The quantitative estimate of drug-likeness (QED) is 0.231. The first kappa shape index (κ1) is 25.1. The first-order valence-corrected chi connectivity index (χ1v) is 11.0. The molecule has 2 N–H and O–H groups in total. The zero-order valence-corrected chi connectivity index (χ0v) is 20.3. The van der Waals surface area contributed by atoms with Crippen LogP contribution >= 0.6 is 24.0 Å². The van der Waals surface area contributed by atoms with Crippen LogP contribution in [0.1, 0.15) is 39.0 Å². The maximum Gasteiger partial charge on any atom is 0.191 e. The van der Waals surface area contributed by atoms with Gasteiger partial charge in [-0.1, -0.05) is 6.07 Å². The van der Waals surface area contributed by atoms with Crippen LogP contribution in [0.5, 0.6) is 0 Å². The van der Waals surface area contributed by atoms with Crippen LogP contribution < -0.4 is 15.5 Å². The molecule has 170 valence electrons. The molecule has 2 fully saturated rings. The van der Waals surface area contributed by atoms with Gasteiger partial charge in [-0.25, -0.2) is 4.39 Å². The van der Waals surface area contributed by atoms with Gasteiger partial charge < -0.3 is 25.0 Å². The number of anilines is 1. The molecule has 0 amide bonds. The Labute approximate surface area is 197 Å². The van der Waals surface area contributed by atoms with Crippen molar-refractivity contribution in [2.45, 2.75) is 51.2 Å². The maximum absolute atomic E-state index is 13.5. The van der Waals surface area contributed by atoms with Gasteiger partial charge in [0.2, 0.25) is 0 Å². The fourth-order valence-corrected chi connectivity index (χ4v) is 3.82. The van der Waals surface area contributed by atoms with Gasteiger partial charge in [-0.05, 0) is 57.2 Å². The van der Waals surface area contributed by atoms with E-state index in [0.29, 0.717) is 12.1 Å². The number of piperidine rings is 1. The van der Waals surface area contributed by atoms with Gasteiger partial charge in [0.15, 0.2) is 5.96 Å². The zero-order valence-electron chi connectivity index (χ0n) is 17.9. The molecule has 6 nitrogen and oxygen atoms in total. The van der Waals surface area contributed by atoms with Crippen LogP contribution in [0, 0.1) is 5.82 Å². The van der Waals surface area contributed by atoms with E-state index in [1.54, 1.807) is 12.1 Å². The molecule has 2 aliphatic rings. The number of nitrogens with zero attached hydrogens (tertiary/aromatic N) is 2. The smallest absolute Gasteiger partial charge is 0.191 e. The third kappa shape index (κ3) is 8.55. The van der Waals surface area contributed by atoms with E-state index < -0.39 is 0 Å². The highest BCUT2D eigenvalue weighted by Crippen LogP contribution is 2.20. The standard InChI is InChI=1S/C22H35FN4O2.HI/c1-2-24-22(25-11-4-14-29-21-9-15-28-16-10-21)26-19-7-12-27(13-8-19)20-6-3-5-18(23)17-20;/h3,5-6,17,19,21H,2,4,7-16H2,1H3,(H2,24,25,26);1H. The molecule has 3 rings (SSSR count). The normalized spacial score (nSPS) is 18.7. The molecule has 0 saturated carbocycles. The first-order chi connectivity index (χ1) is 14.2. The molecule has 0 bridgehead atoms. The predicted octanol–water partition coefficient (Wildman–Crippen LogP) is 3.55. The van der Waals surface area contributed by atoms with Gasteiger partial charge in [-0.3, -0.25) is 4.99 Å². The first-order valence-electron chi connectivity index (χ1n) is 11.0. The molecule has 2 aliphatic heterocycles. The van der Waals surface area contributed by atoms with E-state index in [1.807, 2.05) is 6.07 Å². The summed E-state index contributed by atoms with van der Waals surface area (Å²) < 4.78 is 24.7. The van der Waals surface area contributed by atoms with Crippen LogP contribution in [0.4, 0.5) is 10.1 Å². The van der Waals surface area contributed by atoms with Crippen molar-refractivity contribution in [1.29, 1.82) is 0 Å². The van der Waals surface area contributed by atoms with Gasteiger partial charge in [-0.2, -0.15) is 0 Å². The summed E-state index contributed by atoms with van der Waals surface area (Å²) in [6, 6.07) is 7.24. The Bertz CT molecular complexity index is 635. The molecule has 1 aromatic rings. The molecule has 2 saturated heterocycles. The molecular formula is C22H36FIN4O2. The Morgan fingerprint density at radius 1 is 1.23 bits per heavy atom. The lowest BCUT2D eigenvalue weighted by Crippen LogP contribution is -2.48. The van der Waals surface area contributed by atoms with Crippen molar-refractivity contribution in [1.82, 2.24) is 10.6 Å². The molecule has 30 heavy (non-hydrogen) atoms. The van der Waals surface area contributed by atoms with Gasteiger partial charge >= 0.3 is 0 Å². The van der Waals surface area contributed by atoms with Crippen molar-refractivity contribution in [3.63, 3.8) is 0 Å². The number of rotatable bonds is 8. The second-order valence-corrected chi connectivity index (χ2v) is 7.68. The molecule has 0 aliphatic carbocycles. The fourth-order valence-electron chi connectivity index (χ4n) is 3.82. The molecule has 0 aromatic heterocycles. The van der Waals surface area contributed by atoms with Crippen molar-refractivity contribution in [3.8, 4) is 0 Å². The summed E-state index contributed by atoms with van der Waals surface area (Å²) in [5.74, 6) is 0.702. The minimum atomic E-state index is -0.176. The maximum atomic E-state index is 13.5. The average molecular weight is 534 g/mol. The summed E-state index contributed by atoms with van der Waals surface area (Å²) in [5, 5.41) is 6.90. The number of ether oxygens (including phenoxy) is 2. The molecule has 8 heteroatoms. The Hall–Kier alpha value is -1.13. The average Bonchev–Trinajstić information content (AvgIpc) is 2.75. The van der Waals surface area contributed by atoms with Gasteiger partial charge in [0.1, 0.15) is 5.82 Å². The Balaban J connectivity index is 0.00000320. The van der Waals surface area contributed by atoms with Crippen molar-refractivity contribution >= 4 is 35.6 Å². The van der Waals surface area contributed by atoms with E-state index >= 15 is 0 Å². The summed E-state index contributed by atoms with van der Waals surface area (Å²) in [5.41, 5.74) is 0.966. The minimum absolute atomic E-state index is 0. The van der Waals surface area contributed by atoms with E-state index in [0.717, 1.165) is 89.8 Å². The molecule has 0 spiro atoms. The highest BCUT2D eigenvalue weighted by Gasteiger charge is 2.20. The van der Waals surface area contributed by atoms with Crippen LogP contribution in [0.2, 0.25) is 0 Å². The summed E-state index contributed by atoms with van der Waals surface area (Å²) >= 11 is 0. The summed E-state index contributed by atoms with van der Waals surface area (Å²) in [6.45, 7) is 7.88. The number of nitrogens with one attached hydrogen (secondary N) is 2. The highest BCUT2D eigenvalue weighted by atomic mass is 127. The van der Waals surface area contributed by atoms with Crippen LogP contribution in [0.15, 0.2) is 29.3 Å². The van der Waals surface area contributed by atoms with Crippen LogP contribution in [0.3, 0.4) is 0 Å². The van der Waals surface area contributed by atoms with E-state index in [-0.39, 0.29) is 29.8 Å². The molecule has 1 aromatic carbocycles. The third-order valence-corrected chi connectivity index (χ3v) is 5.45. The van der Waals surface area contributed by atoms with Crippen molar-refractivity contribution < 1.29 is 13.9 Å². The Kier molecular flexibility index (Phi) is 11.8. The Morgan fingerprint density at radius 3 is 2.70 bits per heavy atom. The van der Waals surface area contributed by atoms with Gasteiger partial charge in [0.05, 0.1) is 6.10 Å². The van der Waals surface area contributed by atoms with E-state index in [9.17, 15) is 4.39 Å². The topological polar surface area (TPSA) is 58.1 Å². The second-order valence-electron chi connectivity index (χ2n) is 7.68. The highest BCUT2D eigenvalue weighted by molar-refractivity contribution is 14.0. The lowest BCUT2D eigenvalue weighted by molar-refractivity contribution is -0.0318. The van der Waals surface area contributed by atoms with E-state index in [1.165, 1.54) is 6.07 Å². The molecular weight excluding hydrogens is 498 g/mol. The predicted molar refractivity (Wildman–Crippen MR) is 131 cm³/mol. The third-order valence-electron chi connectivity index (χ3n) is 5.45. The number of guanidine groups is 1. The van der Waals surface area contributed by atoms with E-state index in [4.69, 9.17) is 14.5 Å². The second kappa shape index (κ2) is 14.0. The largest absolute Gasteiger partial charge is 0.381 e. The molecule has 0 radical (unpaired) electrons. The number of halogens is 2. The summed E-state index contributed by atoms with van der Waals surface area (Å²) in [7, 11) is 0. The summed E-state index contributed by atoms with van der Waals surface area (Å²) in [4.78, 5) is 6.95. The number of hydrogen-bond donors (Lipinski definition) is 2. The number of aliphatic imine (C=N–C) groups is 1.